The lowest BCUT2D eigenvalue weighted by atomic mass is 10.2. The van der Waals surface area contributed by atoms with E-state index in [0.717, 1.165) is 29.8 Å². The van der Waals surface area contributed by atoms with Gasteiger partial charge in [-0.2, -0.15) is 0 Å². The molecule has 2 aromatic heterocycles. The summed E-state index contributed by atoms with van der Waals surface area (Å²) in [6.07, 6.45) is 2.33. The van der Waals surface area contributed by atoms with E-state index in [0.29, 0.717) is 0 Å². The maximum Gasteiger partial charge on any atom is 0.286 e. The Labute approximate surface area is 109 Å². The van der Waals surface area contributed by atoms with Gasteiger partial charge < -0.3 is 10.6 Å². The molecule has 5 nitrogen and oxygen atoms in total. The number of aromatic nitrogens is 2. The molecule has 0 atom stereocenters. The Morgan fingerprint density at radius 2 is 2.11 bits per heavy atom. The van der Waals surface area contributed by atoms with E-state index in [-0.39, 0.29) is 5.82 Å². The highest BCUT2D eigenvalue weighted by atomic mass is 32.1. The van der Waals surface area contributed by atoms with Gasteiger partial charge in [0.05, 0.1) is 10.9 Å². The summed E-state index contributed by atoms with van der Waals surface area (Å²) >= 11 is 1.63. The molecule has 1 saturated heterocycles. The van der Waals surface area contributed by atoms with Gasteiger partial charge >= 0.3 is 0 Å². The number of primary amides is 1. The summed E-state index contributed by atoms with van der Waals surface area (Å²) < 4.78 is 0. The molecule has 6 heteroatoms. The second-order valence-corrected chi connectivity index (χ2v) is 5.57. The molecule has 0 aliphatic carbocycles. The summed E-state index contributed by atoms with van der Waals surface area (Å²) in [5, 5.41) is 3.02. The number of anilines is 1. The van der Waals surface area contributed by atoms with E-state index in [1.54, 1.807) is 11.3 Å². The monoisotopic (exact) mass is 262 g/mol. The molecule has 2 N–H and O–H groups in total. The molecular weight excluding hydrogens is 248 g/mol. The first-order chi connectivity index (χ1) is 8.66. The van der Waals surface area contributed by atoms with Crippen molar-refractivity contribution in [1.29, 1.82) is 0 Å². The molecule has 1 fully saturated rings. The number of carbonyl (C=O) groups excluding carboxylic acids is 1. The fourth-order valence-electron chi connectivity index (χ4n) is 2.36. The van der Waals surface area contributed by atoms with E-state index >= 15 is 0 Å². The number of nitrogens with two attached hydrogens (primary N) is 1. The number of amides is 1. The molecule has 3 heterocycles. The SMILES string of the molecule is Cc1scc2nc(C(N)=O)nc(N3CCCC3)c12. The quantitative estimate of drug-likeness (QED) is 0.894. The molecular formula is C12H14N4OS. The van der Waals surface area contributed by atoms with Gasteiger partial charge in [0.2, 0.25) is 5.82 Å². The van der Waals surface area contributed by atoms with E-state index < -0.39 is 5.91 Å². The van der Waals surface area contributed by atoms with Crippen LogP contribution in [0.15, 0.2) is 5.38 Å². The highest BCUT2D eigenvalue weighted by molar-refractivity contribution is 7.11. The Bertz CT molecular complexity index is 616. The molecule has 0 spiro atoms. The van der Waals surface area contributed by atoms with Crippen LogP contribution in [-0.4, -0.2) is 29.0 Å². The van der Waals surface area contributed by atoms with Crippen LogP contribution in [0.4, 0.5) is 5.82 Å². The molecule has 0 saturated carbocycles. The smallest absolute Gasteiger partial charge is 0.286 e. The number of carbonyl (C=O) groups is 1. The van der Waals surface area contributed by atoms with Crippen molar-refractivity contribution in [3.05, 3.63) is 16.1 Å². The van der Waals surface area contributed by atoms with E-state index in [1.807, 2.05) is 5.38 Å². The Morgan fingerprint density at radius 3 is 2.78 bits per heavy atom. The molecule has 3 rings (SSSR count). The van der Waals surface area contributed by atoms with Crippen molar-refractivity contribution in [3.8, 4) is 0 Å². The Balaban J connectivity index is 2.24. The molecule has 94 valence electrons. The Kier molecular flexibility index (Phi) is 2.66. The number of hydrogen-bond acceptors (Lipinski definition) is 5. The third-order valence-corrected chi connectivity index (χ3v) is 4.14. The zero-order chi connectivity index (χ0) is 12.7. The van der Waals surface area contributed by atoms with Crippen LogP contribution in [0.1, 0.15) is 28.3 Å². The van der Waals surface area contributed by atoms with Crippen LogP contribution in [0.3, 0.4) is 0 Å². The van der Waals surface area contributed by atoms with Gasteiger partial charge in [-0.25, -0.2) is 9.97 Å². The maximum absolute atomic E-state index is 11.3. The second kappa shape index (κ2) is 4.20. The third kappa shape index (κ3) is 1.73. The minimum atomic E-state index is -0.568. The predicted molar refractivity (Wildman–Crippen MR) is 72.1 cm³/mol. The third-order valence-electron chi connectivity index (χ3n) is 3.24. The zero-order valence-electron chi connectivity index (χ0n) is 10.1. The summed E-state index contributed by atoms with van der Waals surface area (Å²) in [4.78, 5) is 23.3. The van der Waals surface area contributed by atoms with Crippen LogP contribution in [0.2, 0.25) is 0 Å². The molecule has 1 aliphatic rings. The first-order valence-electron chi connectivity index (χ1n) is 5.97. The fraction of sp³-hybridized carbons (Fsp3) is 0.417. The van der Waals surface area contributed by atoms with E-state index in [1.165, 1.54) is 17.7 Å². The van der Waals surface area contributed by atoms with Crippen molar-refractivity contribution >= 4 is 34.0 Å². The number of rotatable bonds is 2. The molecule has 0 bridgehead atoms. The first kappa shape index (κ1) is 11.4. The Hall–Kier alpha value is -1.69. The minimum absolute atomic E-state index is 0.113. The maximum atomic E-state index is 11.3. The van der Waals surface area contributed by atoms with E-state index in [2.05, 4.69) is 21.8 Å². The number of hydrogen-bond donors (Lipinski definition) is 1. The van der Waals surface area contributed by atoms with Crippen LogP contribution in [0.25, 0.3) is 10.9 Å². The van der Waals surface area contributed by atoms with Crippen LogP contribution >= 0.6 is 11.3 Å². The van der Waals surface area contributed by atoms with Crippen LogP contribution in [0.5, 0.6) is 0 Å². The summed E-state index contributed by atoms with van der Waals surface area (Å²) in [6.45, 7) is 4.03. The standard InChI is InChI=1S/C12H14N4OS/c1-7-9-8(6-18-7)14-11(10(13)17)15-12(9)16-4-2-3-5-16/h6H,2-5H2,1H3,(H2,13,17). The Morgan fingerprint density at radius 1 is 1.39 bits per heavy atom. The lowest BCUT2D eigenvalue weighted by Gasteiger charge is -2.18. The van der Waals surface area contributed by atoms with Gasteiger partial charge in [0.15, 0.2) is 0 Å². The van der Waals surface area contributed by atoms with Crippen molar-refractivity contribution < 1.29 is 4.79 Å². The van der Waals surface area contributed by atoms with Gasteiger partial charge in [-0.05, 0) is 19.8 Å². The summed E-state index contributed by atoms with van der Waals surface area (Å²) in [7, 11) is 0. The first-order valence-corrected chi connectivity index (χ1v) is 6.85. The average molecular weight is 262 g/mol. The molecule has 1 aliphatic heterocycles. The van der Waals surface area contributed by atoms with E-state index in [9.17, 15) is 4.79 Å². The number of nitrogens with zero attached hydrogens (tertiary/aromatic N) is 3. The van der Waals surface area contributed by atoms with Crippen molar-refractivity contribution in [1.82, 2.24) is 9.97 Å². The van der Waals surface area contributed by atoms with Gasteiger partial charge in [0.1, 0.15) is 5.82 Å². The van der Waals surface area contributed by atoms with Gasteiger partial charge in [-0.15, -0.1) is 11.3 Å². The minimum Gasteiger partial charge on any atom is -0.363 e. The normalized spacial score (nSPS) is 15.5. The van der Waals surface area contributed by atoms with Crippen LogP contribution in [-0.2, 0) is 0 Å². The summed E-state index contributed by atoms with van der Waals surface area (Å²) in [5.41, 5.74) is 6.12. The van der Waals surface area contributed by atoms with Crippen molar-refractivity contribution in [2.24, 2.45) is 5.73 Å². The molecule has 18 heavy (non-hydrogen) atoms. The predicted octanol–water partition coefficient (Wildman–Crippen LogP) is 1.70. The highest BCUT2D eigenvalue weighted by Gasteiger charge is 2.21. The lowest BCUT2D eigenvalue weighted by molar-refractivity contribution is 0.0991. The topological polar surface area (TPSA) is 72.1 Å². The molecule has 0 unspecified atom stereocenters. The second-order valence-electron chi connectivity index (χ2n) is 4.48. The van der Waals surface area contributed by atoms with Crippen molar-refractivity contribution in [2.45, 2.75) is 19.8 Å². The molecule has 0 radical (unpaired) electrons. The van der Waals surface area contributed by atoms with Gasteiger partial charge in [-0.1, -0.05) is 0 Å². The highest BCUT2D eigenvalue weighted by Crippen LogP contribution is 2.32. The fourth-order valence-corrected chi connectivity index (χ4v) is 3.13. The number of aryl methyl sites for hydroxylation is 1. The zero-order valence-corrected chi connectivity index (χ0v) is 11.0. The van der Waals surface area contributed by atoms with Gasteiger partial charge in [-0.3, -0.25) is 4.79 Å². The number of thiophene rings is 1. The summed E-state index contributed by atoms with van der Waals surface area (Å²) in [6, 6.07) is 0. The van der Waals surface area contributed by atoms with Crippen molar-refractivity contribution in [3.63, 3.8) is 0 Å². The largest absolute Gasteiger partial charge is 0.363 e. The lowest BCUT2D eigenvalue weighted by Crippen LogP contribution is -2.23. The van der Waals surface area contributed by atoms with Gasteiger partial charge in [0.25, 0.3) is 5.91 Å². The average Bonchev–Trinajstić information content (AvgIpc) is 2.98. The van der Waals surface area contributed by atoms with Crippen molar-refractivity contribution in [2.75, 3.05) is 18.0 Å². The number of fused-ring (bicyclic) bond motifs is 1. The van der Waals surface area contributed by atoms with Crippen LogP contribution < -0.4 is 10.6 Å². The molecule has 2 aromatic rings. The van der Waals surface area contributed by atoms with Crippen LogP contribution in [0, 0.1) is 6.92 Å². The van der Waals surface area contributed by atoms with E-state index in [4.69, 9.17) is 5.73 Å². The summed E-state index contributed by atoms with van der Waals surface area (Å²) in [5.74, 6) is 0.411. The van der Waals surface area contributed by atoms with Gasteiger partial charge in [0, 0.05) is 23.3 Å². The molecule has 0 aromatic carbocycles. The molecule has 1 amide bonds.